The number of likely N-dealkylation sites (N-methyl/N-ethyl adjacent to an activating group) is 2. The lowest BCUT2D eigenvalue weighted by atomic mass is 9.86. The van der Waals surface area contributed by atoms with Crippen molar-refractivity contribution in [3.63, 3.8) is 0 Å². The summed E-state index contributed by atoms with van der Waals surface area (Å²) in [4.78, 5) is 2.56. The molecule has 1 rings (SSSR count). The van der Waals surface area contributed by atoms with Crippen LogP contribution in [0, 0.1) is 13.8 Å². The quantitative estimate of drug-likeness (QED) is 0.780. The summed E-state index contributed by atoms with van der Waals surface area (Å²) < 4.78 is 0. The molecule has 0 fully saturated rings. The maximum Gasteiger partial charge on any atom is 0.0309 e. The van der Waals surface area contributed by atoms with Crippen molar-refractivity contribution in [1.29, 1.82) is 0 Å². The fraction of sp³-hybridized carbons (Fsp3) is 0.684. The first-order valence-corrected chi connectivity index (χ1v) is 8.41. The third-order valence-electron chi connectivity index (χ3n) is 4.89. The average Bonchev–Trinajstić information content (AvgIpc) is 2.43. The normalized spacial score (nSPS) is 13.7. The molecule has 2 nitrogen and oxygen atoms in total. The Morgan fingerprint density at radius 3 is 2.14 bits per heavy atom. The van der Waals surface area contributed by atoms with Crippen LogP contribution in [-0.2, 0) is 6.42 Å². The van der Waals surface area contributed by atoms with Gasteiger partial charge in [0.2, 0.25) is 0 Å². The lowest BCUT2D eigenvalue weighted by Crippen LogP contribution is -2.58. The highest BCUT2D eigenvalue weighted by Crippen LogP contribution is 2.23. The van der Waals surface area contributed by atoms with Gasteiger partial charge < -0.3 is 5.32 Å². The topological polar surface area (TPSA) is 15.3 Å². The van der Waals surface area contributed by atoms with Gasteiger partial charge in [-0.2, -0.15) is 0 Å². The van der Waals surface area contributed by atoms with E-state index >= 15 is 0 Å². The summed E-state index contributed by atoms with van der Waals surface area (Å²) in [6.07, 6.45) is 1.08. The smallest absolute Gasteiger partial charge is 0.0309 e. The maximum atomic E-state index is 3.71. The molecule has 0 bridgehead atoms. The van der Waals surface area contributed by atoms with Crippen molar-refractivity contribution in [2.24, 2.45) is 0 Å². The first-order chi connectivity index (χ1) is 9.86. The highest BCUT2D eigenvalue weighted by molar-refractivity contribution is 5.30. The SMILES string of the molecule is CCNC(Cc1ccc(C)c(C)c1)C(C)(C)N(CC)CC. The van der Waals surface area contributed by atoms with E-state index in [2.05, 4.69) is 76.9 Å². The average molecular weight is 290 g/mol. The zero-order chi connectivity index (χ0) is 16.0. The number of rotatable bonds is 8. The fourth-order valence-electron chi connectivity index (χ4n) is 3.24. The summed E-state index contributed by atoms with van der Waals surface area (Å²) in [5.74, 6) is 0. The van der Waals surface area contributed by atoms with Gasteiger partial charge in [-0.25, -0.2) is 0 Å². The van der Waals surface area contributed by atoms with Gasteiger partial charge in [0, 0.05) is 11.6 Å². The van der Waals surface area contributed by atoms with Crippen molar-refractivity contribution in [3.8, 4) is 0 Å². The number of nitrogens with zero attached hydrogens (tertiary/aromatic N) is 1. The molecule has 0 heterocycles. The Balaban J connectivity index is 2.97. The molecule has 2 heteroatoms. The number of hydrogen-bond acceptors (Lipinski definition) is 2. The molecule has 0 aliphatic heterocycles. The van der Waals surface area contributed by atoms with Gasteiger partial charge >= 0.3 is 0 Å². The van der Waals surface area contributed by atoms with Crippen LogP contribution < -0.4 is 5.32 Å². The molecule has 0 aliphatic carbocycles. The van der Waals surface area contributed by atoms with E-state index < -0.39 is 0 Å². The van der Waals surface area contributed by atoms with E-state index in [1.165, 1.54) is 16.7 Å². The highest BCUT2D eigenvalue weighted by atomic mass is 15.2. The van der Waals surface area contributed by atoms with Gasteiger partial charge in [0.05, 0.1) is 0 Å². The van der Waals surface area contributed by atoms with Gasteiger partial charge in [0.1, 0.15) is 0 Å². The minimum Gasteiger partial charge on any atom is -0.312 e. The van der Waals surface area contributed by atoms with E-state index in [4.69, 9.17) is 0 Å². The van der Waals surface area contributed by atoms with Crippen molar-refractivity contribution in [2.45, 2.75) is 66.5 Å². The molecule has 1 unspecified atom stereocenters. The predicted molar refractivity (Wildman–Crippen MR) is 94.1 cm³/mol. The predicted octanol–water partition coefficient (Wildman–Crippen LogP) is 3.94. The second-order valence-corrected chi connectivity index (χ2v) is 6.56. The van der Waals surface area contributed by atoms with Crippen molar-refractivity contribution in [1.82, 2.24) is 10.2 Å². The molecule has 1 atom stereocenters. The maximum absolute atomic E-state index is 3.71. The summed E-state index contributed by atoms with van der Waals surface area (Å²) in [7, 11) is 0. The fourth-order valence-corrected chi connectivity index (χ4v) is 3.24. The summed E-state index contributed by atoms with van der Waals surface area (Å²) in [5.41, 5.74) is 4.35. The van der Waals surface area contributed by atoms with E-state index in [0.717, 1.165) is 26.1 Å². The zero-order valence-electron chi connectivity index (χ0n) is 15.1. The van der Waals surface area contributed by atoms with Crippen LogP contribution in [0.3, 0.4) is 0 Å². The molecule has 0 radical (unpaired) electrons. The second-order valence-electron chi connectivity index (χ2n) is 6.56. The minimum absolute atomic E-state index is 0.151. The minimum atomic E-state index is 0.151. The summed E-state index contributed by atoms with van der Waals surface area (Å²) in [6, 6.07) is 7.34. The largest absolute Gasteiger partial charge is 0.312 e. The molecular weight excluding hydrogens is 256 g/mol. The van der Waals surface area contributed by atoms with Gasteiger partial charge in [0.25, 0.3) is 0 Å². The Bertz CT molecular complexity index is 433. The lowest BCUT2D eigenvalue weighted by molar-refractivity contribution is 0.0918. The van der Waals surface area contributed by atoms with Crippen LogP contribution in [-0.4, -0.2) is 36.1 Å². The van der Waals surface area contributed by atoms with Crippen LogP contribution in [0.5, 0.6) is 0 Å². The van der Waals surface area contributed by atoms with Crippen molar-refractivity contribution in [3.05, 3.63) is 34.9 Å². The van der Waals surface area contributed by atoms with Gasteiger partial charge in [0.15, 0.2) is 0 Å². The van der Waals surface area contributed by atoms with E-state index in [9.17, 15) is 0 Å². The molecule has 1 aromatic carbocycles. The molecule has 21 heavy (non-hydrogen) atoms. The molecule has 0 amide bonds. The highest BCUT2D eigenvalue weighted by Gasteiger charge is 2.33. The van der Waals surface area contributed by atoms with Gasteiger partial charge in [-0.15, -0.1) is 0 Å². The molecular formula is C19H34N2. The Morgan fingerprint density at radius 1 is 1.05 bits per heavy atom. The van der Waals surface area contributed by atoms with Crippen molar-refractivity contribution in [2.75, 3.05) is 19.6 Å². The molecule has 1 aromatic rings. The molecule has 0 aliphatic rings. The molecule has 0 spiro atoms. The monoisotopic (exact) mass is 290 g/mol. The zero-order valence-corrected chi connectivity index (χ0v) is 15.1. The van der Waals surface area contributed by atoms with E-state index in [1.807, 2.05) is 0 Å². The van der Waals surface area contributed by atoms with E-state index in [-0.39, 0.29) is 5.54 Å². The number of benzene rings is 1. The summed E-state index contributed by atoms with van der Waals surface area (Å²) >= 11 is 0. The first kappa shape index (κ1) is 18.2. The van der Waals surface area contributed by atoms with Gasteiger partial charge in [-0.1, -0.05) is 39.0 Å². The number of nitrogens with one attached hydrogen (secondary N) is 1. The first-order valence-electron chi connectivity index (χ1n) is 8.41. The third-order valence-corrected chi connectivity index (χ3v) is 4.89. The molecule has 1 N–H and O–H groups in total. The van der Waals surface area contributed by atoms with Crippen LogP contribution in [0.1, 0.15) is 51.3 Å². The Hall–Kier alpha value is -0.860. The number of hydrogen-bond donors (Lipinski definition) is 1. The van der Waals surface area contributed by atoms with Gasteiger partial charge in [-0.05, 0) is 70.4 Å². The van der Waals surface area contributed by atoms with Crippen LogP contribution in [0.4, 0.5) is 0 Å². The van der Waals surface area contributed by atoms with Crippen LogP contribution in [0.15, 0.2) is 18.2 Å². The number of aryl methyl sites for hydroxylation is 2. The Morgan fingerprint density at radius 2 is 1.67 bits per heavy atom. The summed E-state index contributed by atoms with van der Waals surface area (Å²) in [5, 5.41) is 3.71. The summed E-state index contributed by atoms with van der Waals surface area (Å²) in [6.45, 7) is 19.0. The lowest BCUT2D eigenvalue weighted by Gasteiger charge is -2.44. The molecule has 0 saturated carbocycles. The van der Waals surface area contributed by atoms with Crippen LogP contribution in [0.25, 0.3) is 0 Å². The van der Waals surface area contributed by atoms with Gasteiger partial charge in [-0.3, -0.25) is 4.90 Å². The molecule has 0 aromatic heterocycles. The van der Waals surface area contributed by atoms with Crippen LogP contribution >= 0.6 is 0 Å². The third kappa shape index (κ3) is 4.55. The Labute approximate surface area is 131 Å². The van der Waals surface area contributed by atoms with E-state index in [0.29, 0.717) is 6.04 Å². The second kappa shape index (κ2) is 7.95. The Kier molecular flexibility index (Phi) is 6.89. The molecule has 0 saturated heterocycles. The van der Waals surface area contributed by atoms with Crippen LogP contribution in [0.2, 0.25) is 0 Å². The van der Waals surface area contributed by atoms with Crippen molar-refractivity contribution < 1.29 is 0 Å². The van der Waals surface area contributed by atoms with Crippen molar-refractivity contribution >= 4 is 0 Å². The molecule has 120 valence electrons. The van der Waals surface area contributed by atoms with E-state index in [1.54, 1.807) is 0 Å². The standard InChI is InChI=1S/C19H34N2/c1-8-20-18(19(6,7)21(9-2)10-3)14-17-12-11-15(4)16(5)13-17/h11-13,18,20H,8-10,14H2,1-7H3.